The van der Waals surface area contributed by atoms with Crippen molar-refractivity contribution in [2.45, 2.75) is 12.5 Å². The van der Waals surface area contributed by atoms with Crippen molar-refractivity contribution >= 4 is 17.6 Å². The van der Waals surface area contributed by atoms with E-state index >= 15 is 0 Å². The van der Waals surface area contributed by atoms with Crippen LogP contribution in [0.1, 0.15) is 7.43 Å². The van der Waals surface area contributed by atoms with Crippen LogP contribution in [0.15, 0.2) is 11.4 Å². The lowest BCUT2D eigenvalue weighted by Gasteiger charge is -1.94. The first-order valence-corrected chi connectivity index (χ1v) is 4.09. The van der Waals surface area contributed by atoms with Gasteiger partial charge in [-0.05, 0) is 16.2 Å². The molecule has 0 atom stereocenters. The number of hydrogen-bond donors (Lipinski definition) is 0. The molecule has 0 unspecified atom stereocenters. The van der Waals surface area contributed by atoms with E-state index in [1.165, 1.54) is 18.1 Å². The standard InChI is InChI=1S/C5H7N3O2S.CH4/c1-7-3-6-4(8(9)10)5(7)11-2;/h3H,1-2H3;1H4. The molecule has 6 heteroatoms. The quantitative estimate of drug-likeness (QED) is 0.403. The molecule has 0 aliphatic heterocycles. The van der Waals surface area contributed by atoms with Crippen molar-refractivity contribution < 1.29 is 4.92 Å². The SMILES string of the molecule is C.CSc1c([N+](=O)[O-])ncn1C. The fourth-order valence-corrected chi connectivity index (χ4v) is 1.41. The van der Waals surface area contributed by atoms with Gasteiger partial charge in [-0.15, -0.1) is 11.8 Å². The van der Waals surface area contributed by atoms with E-state index < -0.39 is 4.92 Å². The molecule has 1 aromatic rings. The molecule has 12 heavy (non-hydrogen) atoms. The van der Waals surface area contributed by atoms with E-state index in [2.05, 4.69) is 4.98 Å². The van der Waals surface area contributed by atoms with Crippen LogP contribution in [-0.2, 0) is 7.05 Å². The van der Waals surface area contributed by atoms with E-state index in [0.29, 0.717) is 5.03 Å². The van der Waals surface area contributed by atoms with Crippen molar-refractivity contribution in [2.75, 3.05) is 6.26 Å². The average Bonchev–Trinajstić information content (AvgIpc) is 2.30. The van der Waals surface area contributed by atoms with Gasteiger partial charge in [0.1, 0.15) is 0 Å². The average molecular weight is 189 g/mol. The number of aromatic nitrogens is 2. The molecule has 0 saturated heterocycles. The van der Waals surface area contributed by atoms with Crippen molar-refractivity contribution in [3.8, 4) is 0 Å². The van der Waals surface area contributed by atoms with Crippen LogP contribution in [0, 0.1) is 10.1 Å². The Kier molecular flexibility index (Phi) is 3.75. The lowest BCUT2D eigenvalue weighted by molar-refractivity contribution is -0.392. The van der Waals surface area contributed by atoms with Gasteiger partial charge in [-0.3, -0.25) is 0 Å². The van der Waals surface area contributed by atoms with Gasteiger partial charge in [0.05, 0.1) is 0 Å². The van der Waals surface area contributed by atoms with Crippen LogP contribution in [0.3, 0.4) is 0 Å². The lowest BCUT2D eigenvalue weighted by atomic mass is 10.8. The molecule has 0 saturated carbocycles. The Morgan fingerprint density at radius 3 is 2.67 bits per heavy atom. The molecule has 0 aromatic carbocycles. The van der Waals surface area contributed by atoms with Crippen LogP contribution in [-0.4, -0.2) is 20.7 Å². The molecule has 0 bridgehead atoms. The molecular formula is C6H11N3O2S. The van der Waals surface area contributed by atoms with Crippen molar-refractivity contribution in [1.82, 2.24) is 9.55 Å². The van der Waals surface area contributed by atoms with E-state index in [1.54, 1.807) is 17.9 Å². The maximum Gasteiger partial charge on any atom is 0.395 e. The summed E-state index contributed by atoms with van der Waals surface area (Å²) in [5.74, 6) is -0.0694. The zero-order valence-corrected chi connectivity index (χ0v) is 6.96. The first kappa shape index (κ1) is 11.0. The Morgan fingerprint density at radius 1 is 1.75 bits per heavy atom. The second-order valence-electron chi connectivity index (χ2n) is 1.95. The Bertz CT molecular complexity index is 284. The normalized spacial score (nSPS) is 9.17. The predicted octanol–water partition coefficient (Wildman–Crippen LogP) is 1.69. The minimum Gasteiger partial charge on any atom is -0.358 e. The zero-order chi connectivity index (χ0) is 8.43. The summed E-state index contributed by atoms with van der Waals surface area (Å²) >= 11 is 1.32. The van der Waals surface area contributed by atoms with Crippen LogP contribution in [0.5, 0.6) is 0 Å². The second-order valence-corrected chi connectivity index (χ2v) is 2.74. The highest BCUT2D eigenvalue weighted by molar-refractivity contribution is 7.98. The van der Waals surface area contributed by atoms with E-state index in [0.717, 1.165) is 0 Å². The molecule has 0 fully saturated rings. The molecule has 0 N–H and O–H groups in total. The Hall–Kier alpha value is -1.04. The van der Waals surface area contributed by atoms with Crippen LogP contribution in [0.4, 0.5) is 5.82 Å². The molecular weight excluding hydrogens is 178 g/mol. The van der Waals surface area contributed by atoms with E-state index in [4.69, 9.17) is 0 Å². The summed E-state index contributed by atoms with van der Waals surface area (Å²) < 4.78 is 1.63. The largest absolute Gasteiger partial charge is 0.395 e. The number of aryl methyl sites for hydroxylation is 1. The Labute approximate surface area is 74.9 Å². The van der Waals surface area contributed by atoms with Gasteiger partial charge < -0.3 is 14.7 Å². The summed E-state index contributed by atoms with van der Waals surface area (Å²) in [4.78, 5) is 13.5. The summed E-state index contributed by atoms with van der Waals surface area (Å²) in [6.45, 7) is 0. The number of rotatable bonds is 2. The molecule has 68 valence electrons. The van der Waals surface area contributed by atoms with Gasteiger partial charge in [0.15, 0.2) is 5.03 Å². The first-order chi connectivity index (χ1) is 5.16. The Balaban J connectivity index is 0.00000121. The minimum absolute atomic E-state index is 0. The first-order valence-electron chi connectivity index (χ1n) is 2.86. The summed E-state index contributed by atoms with van der Waals surface area (Å²) in [7, 11) is 1.73. The summed E-state index contributed by atoms with van der Waals surface area (Å²) in [5, 5.41) is 10.9. The van der Waals surface area contributed by atoms with E-state index in [1.807, 2.05) is 0 Å². The molecule has 0 aliphatic carbocycles. The summed E-state index contributed by atoms with van der Waals surface area (Å²) in [6.07, 6.45) is 3.22. The second kappa shape index (κ2) is 4.10. The fraction of sp³-hybridized carbons (Fsp3) is 0.500. The third kappa shape index (κ3) is 1.76. The van der Waals surface area contributed by atoms with Crippen LogP contribution < -0.4 is 0 Å². The maximum absolute atomic E-state index is 10.3. The fourth-order valence-electron chi connectivity index (χ4n) is 0.767. The molecule has 1 rings (SSSR count). The highest BCUT2D eigenvalue weighted by Gasteiger charge is 2.18. The highest BCUT2D eigenvalue weighted by Crippen LogP contribution is 2.24. The topological polar surface area (TPSA) is 61.0 Å². The third-order valence-corrected chi connectivity index (χ3v) is 2.09. The van der Waals surface area contributed by atoms with Crippen molar-refractivity contribution in [3.63, 3.8) is 0 Å². The zero-order valence-electron chi connectivity index (χ0n) is 6.14. The number of nitrogens with zero attached hydrogens (tertiary/aromatic N) is 3. The van der Waals surface area contributed by atoms with Crippen molar-refractivity contribution in [2.24, 2.45) is 7.05 Å². The van der Waals surface area contributed by atoms with Gasteiger partial charge >= 0.3 is 5.82 Å². The number of imidazole rings is 1. The van der Waals surface area contributed by atoms with E-state index in [9.17, 15) is 10.1 Å². The van der Waals surface area contributed by atoms with Crippen LogP contribution >= 0.6 is 11.8 Å². The molecule has 0 radical (unpaired) electrons. The summed E-state index contributed by atoms with van der Waals surface area (Å²) in [6, 6.07) is 0. The molecule has 1 heterocycles. The molecule has 0 spiro atoms. The van der Waals surface area contributed by atoms with Gasteiger partial charge in [-0.2, -0.15) is 0 Å². The van der Waals surface area contributed by atoms with Crippen LogP contribution in [0.25, 0.3) is 0 Å². The number of hydrogen-bond acceptors (Lipinski definition) is 4. The molecule has 5 nitrogen and oxygen atoms in total. The minimum atomic E-state index is -0.480. The van der Waals surface area contributed by atoms with Crippen molar-refractivity contribution in [1.29, 1.82) is 0 Å². The highest BCUT2D eigenvalue weighted by atomic mass is 32.2. The lowest BCUT2D eigenvalue weighted by Crippen LogP contribution is -1.92. The maximum atomic E-state index is 10.3. The molecule has 0 aliphatic rings. The van der Waals surface area contributed by atoms with Crippen LogP contribution in [0.2, 0.25) is 0 Å². The van der Waals surface area contributed by atoms with Crippen molar-refractivity contribution in [3.05, 3.63) is 16.4 Å². The van der Waals surface area contributed by atoms with E-state index in [-0.39, 0.29) is 13.2 Å². The smallest absolute Gasteiger partial charge is 0.358 e. The van der Waals surface area contributed by atoms with Gasteiger partial charge in [0.25, 0.3) is 0 Å². The van der Waals surface area contributed by atoms with Gasteiger partial charge in [-0.25, -0.2) is 0 Å². The molecule has 1 aromatic heterocycles. The van der Waals surface area contributed by atoms with Gasteiger partial charge in [-0.1, -0.05) is 7.43 Å². The summed E-state index contributed by atoms with van der Waals surface area (Å²) in [5.41, 5.74) is 0. The van der Waals surface area contributed by atoms with Gasteiger partial charge in [0.2, 0.25) is 6.33 Å². The number of thioether (sulfide) groups is 1. The number of nitro groups is 1. The van der Waals surface area contributed by atoms with Gasteiger partial charge in [0, 0.05) is 7.05 Å². The third-order valence-electron chi connectivity index (χ3n) is 1.23. The monoisotopic (exact) mass is 189 g/mol. The molecule has 0 amide bonds. The predicted molar refractivity (Wildman–Crippen MR) is 48.4 cm³/mol. The Morgan fingerprint density at radius 2 is 2.33 bits per heavy atom.